The first-order chi connectivity index (χ1) is 11.7. The maximum Gasteiger partial charge on any atom is 0.249 e. The predicted octanol–water partition coefficient (Wildman–Crippen LogP) is 1.10. The molecule has 128 valence electrons. The molecule has 0 aromatic carbocycles. The van der Waals surface area contributed by atoms with Gasteiger partial charge in [-0.25, -0.2) is 0 Å². The summed E-state index contributed by atoms with van der Waals surface area (Å²) in [5.74, 6) is 1.49. The topological polar surface area (TPSA) is 90.6 Å². The van der Waals surface area contributed by atoms with Gasteiger partial charge in [0.1, 0.15) is 6.10 Å². The van der Waals surface area contributed by atoms with Crippen LogP contribution in [0.25, 0.3) is 5.65 Å². The monoisotopic (exact) mass is 331 g/mol. The van der Waals surface area contributed by atoms with Gasteiger partial charge in [-0.3, -0.25) is 4.79 Å². The minimum absolute atomic E-state index is 0.0796. The Kier molecular flexibility index (Phi) is 4.05. The van der Waals surface area contributed by atoms with E-state index in [4.69, 9.17) is 9.47 Å². The second kappa shape index (κ2) is 6.35. The molecule has 8 nitrogen and oxygen atoms in total. The third kappa shape index (κ3) is 2.82. The van der Waals surface area contributed by atoms with Gasteiger partial charge in [0.25, 0.3) is 0 Å². The molecule has 1 saturated heterocycles. The molecule has 1 amide bonds. The van der Waals surface area contributed by atoms with E-state index in [2.05, 4.69) is 20.6 Å². The maximum atomic E-state index is 12.4. The van der Waals surface area contributed by atoms with Gasteiger partial charge in [-0.05, 0) is 31.2 Å². The molecule has 0 radical (unpaired) electrons. The Morgan fingerprint density at radius 2 is 2.25 bits per heavy atom. The fraction of sp³-hybridized carbons (Fsp3) is 0.625. The Morgan fingerprint density at radius 3 is 3.08 bits per heavy atom. The van der Waals surface area contributed by atoms with Crippen molar-refractivity contribution in [1.29, 1.82) is 0 Å². The molecule has 1 aliphatic carbocycles. The molecular formula is C16H21N5O3. The molecule has 4 rings (SSSR count). The molecule has 2 aliphatic rings. The highest BCUT2D eigenvalue weighted by Crippen LogP contribution is 2.37. The van der Waals surface area contributed by atoms with E-state index in [1.807, 2.05) is 0 Å². The van der Waals surface area contributed by atoms with Crippen molar-refractivity contribution in [3.05, 3.63) is 18.0 Å². The highest BCUT2D eigenvalue weighted by molar-refractivity contribution is 5.81. The fourth-order valence-electron chi connectivity index (χ4n) is 3.65. The number of hydrogen-bond acceptors (Lipinski definition) is 6. The fourth-order valence-corrected chi connectivity index (χ4v) is 3.65. The van der Waals surface area contributed by atoms with Gasteiger partial charge in [0.05, 0.1) is 19.8 Å². The lowest BCUT2D eigenvalue weighted by Gasteiger charge is -2.22. The quantitative estimate of drug-likeness (QED) is 0.902. The second-order valence-corrected chi connectivity index (χ2v) is 6.42. The molecule has 3 atom stereocenters. The van der Waals surface area contributed by atoms with E-state index in [9.17, 15) is 4.79 Å². The number of carbonyl (C=O) groups is 1. The van der Waals surface area contributed by atoms with Crippen LogP contribution in [0.15, 0.2) is 12.1 Å². The van der Waals surface area contributed by atoms with Crippen LogP contribution in [0.2, 0.25) is 0 Å². The van der Waals surface area contributed by atoms with Crippen molar-refractivity contribution in [2.45, 2.75) is 50.9 Å². The van der Waals surface area contributed by atoms with Crippen LogP contribution < -0.4 is 10.1 Å². The smallest absolute Gasteiger partial charge is 0.249 e. The van der Waals surface area contributed by atoms with E-state index in [-0.39, 0.29) is 24.7 Å². The van der Waals surface area contributed by atoms with Crippen LogP contribution >= 0.6 is 0 Å². The minimum Gasteiger partial charge on any atom is -0.480 e. The van der Waals surface area contributed by atoms with Crippen molar-refractivity contribution in [3.63, 3.8) is 0 Å². The summed E-state index contributed by atoms with van der Waals surface area (Å²) in [5, 5.41) is 15.3. The molecule has 2 fully saturated rings. The number of nitrogens with one attached hydrogen (secondary N) is 1. The van der Waals surface area contributed by atoms with Crippen molar-refractivity contribution in [1.82, 2.24) is 25.1 Å². The van der Waals surface area contributed by atoms with Gasteiger partial charge in [0.15, 0.2) is 11.5 Å². The van der Waals surface area contributed by atoms with Crippen LogP contribution in [-0.2, 0) is 16.1 Å². The summed E-state index contributed by atoms with van der Waals surface area (Å²) in [4.78, 5) is 12.4. The van der Waals surface area contributed by atoms with E-state index in [0.717, 1.165) is 12.8 Å². The first-order valence-electron chi connectivity index (χ1n) is 8.43. The first kappa shape index (κ1) is 15.3. The molecule has 3 heterocycles. The molecular weight excluding hydrogens is 310 g/mol. The van der Waals surface area contributed by atoms with Crippen LogP contribution in [0.3, 0.4) is 0 Å². The molecule has 8 heteroatoms. The van der Waals surface area contributed by atoms with Gasteiger partial charge in [0, 0.05) is 6.07 Å². The zero-order valence-corrected chi connectivity index (χ0v) is 13.6. The van der Waals surface area contributed by atoms with Gasteiger partial charge < -0.3 is 14.8 Å². The zero-order valence-electron chi connectivity index (χ0n) is 13.6. The molecule has 1 N–H and O–H groups in total. The molecule has 1 aliphatic heterocycles. The molecule has 2 aromatic heterocycles. The number of ether oxygens (including phenoxy) is 2. The maximum absolute atomic E-state index is 12.4. The van der Waals surface area contributed by atoms with Crippen molar-refractivity contribution >= 4 is 11.6 Å². The number of fused-ring (bicyclic) bond motifs is 2. The summed E-state index contributed by atoms with van der Waals surface area (Å²) < 4.78 is 12.6. The van der Waals surface area contributed by atoms with E-state index < -0.39 is 0 Å². The summed E-state index contributed by atoms with van der Waals surface area (Å²) in [6.45, 7) is 0.259. The Labute approximate surface area is 139 Å². The van der Waals surface area contributed by atoms with Gasteiger partial charge in [-0.2, -0.15) is 4.52 Å². The number of rotatable bonds is 4. The van der Waals surface area contributed by atoms with Crippen LogP contribution in [0.4, 0.5) is 0 Å². The van der Waals surface area contributed by atoms with E-state index in [0.29, 0.717) is 23.3 Å². The van der Waals surface area contributed by atoms with Gasteiger partial charge in [-0.1, -0.05) is 12.8 Å². The summed E-state index contributed by atoms with van der Waals surface area (Å²) >= 11 is 0. The molecule has 2 aromatic rings. The highest BCUT2D eigenvalue weighted by Gasteiger charge is 2.39. The molecule has 0 spiro atoms. The minimum atomic E-state index is -0.347. The summed E-state index contributed by atoms with van der Waals surface area (Å²) in [7, 11) is 1.55. The summed E-state index contributed by atoms with van der Waals surface area (Å²) in [5.41, 5.74) is 0.614. The van der Waals surface area contributed by atoms with E-state index in [1.165, 1.54) is 19.3 Å². The number of nitrogens with zero attached hydrogens (tertiary/aromatic N) is 4. The van der Waals surface area contributed by atoms with Crippen molar-refractivity contribution in [3.8, 4) is 5.88 Å². The average molecular weight is 331 g/mol. The SMILES string of the molecule is COc1ccc2nnc(CNC(=O)C3C[C@@H]4CCCC[C@H]4O3)n2n1. The van der Waals surface area contributed by atoms with Gasteiger partial charge in [0.2, 0.25) is 11.8 Å². The van der Waals surface area contributed by atoms with Crippen LogP contribution in [-0.4, -0.2) is 45.0 Å². The van der Waals surface area contributed by atoms with Crippen LogP contribution in [0.1, 0.15) is 37.9 Å². The predicted molar refractivity (Wildman–Crippen MR) is 84.4 cm³/mol. The van der Waals surface area contributed by atoms with Gasteiger partial charge in [-0.15, -0.1) is 15.3 Å². The molecule has 1 saturated carbocycles. The molecule has 24 heavy (non-hydrogen) atoms. The second-order valence-electron chi connectivity index (χ2n) is 6.42. The standard InChI is InChI=1S/C16H21N5O3/c1-23-15-7-6-13-18-19-14(21(13)20-15)9-17-16(22)12-8-10-4-2-3-5-11(10)24-12/h6-7,10-12H,2-5,8-9H2,1H3,(H,17,22)/t10-,11+,12?/m0/s1. The lowest BCUT2D eigenvalue weighted by atomic mass is 9.85. The van der Waals surface area contributed by atoms with Gasteiger partial charge >= 0.3 is 0 Å². The van der Waals surface area contributed by atoms with Crippen LogP contribution in [0.5, 0.6) is 5.88 Å². The third-order valence-electron chi connectivity index (χ3n) is 4.92. The van der Waals surface area contributed by atoms with Crippen molar-refractivity contribution < 1.29 is 14.3 Å². The van der Waals surface area contributed by atoms with E-state index >= 15 is 0 Å². The molecule has 0 bridgehead atoms. The Bertz CT molecular complexity index is 732. The lowest BCUT2D eigenvalue weighted by Crippen LogP contribution is -2.34. The normalized spacial score (nSPS) is 26.3. The number of hydrogen-bond donors (Lipinski definition) is 1. The number of aromatic nitrogens is 4. The number of carbonyl (C=O) groups excluding carboxylic acids is 1. The third-order valence-corrected chi connectivity index (χ3v) is 4.92. The molecule has 1 unspecified atom stereocenters. The van der Waals surface area contributed by atoms with E-state index in [1.54, 1.807) is 23.8 Å². The number of amides is 1. The first-order valence-corrected chi connectivity index (χ1v) is 8.43. The Morgan fingerprint density at radius 1 is 1.38 bits per heavy atom. The Hall–Kier alpha value is -2.22. The lowest BCUT2D eigenvalue weighted by molar-refractivity contribution is -0.132. The zero-order chi connectivity index (χ0) is 16.5. The Balaban J connectivity index is 1.40. The summed E-state index contributed by atoms with van der Waals surface area (Å²) in [6, 6.07) is 3.50. The average Bonchev–Trinajstić information content (AvgIpc) is 3.23. The van der Waals surface area contributed by atoms with Crippen molar-refractivity contribution in [2.75, 3.05) is 7.11 Å². The number of methoxy groups -OCH3 is 1. The van der Waals surface area contributed by atoms with Crippen molar-refractivity contribution in [2.24, 2.45) is 5.92 Å². The highest BCUT2D eigenvalue weighted by atomic mass is 16.5. The largest absolute Gasteiger partial charge is 0.480 e. The summed E-state index contributed by atoms with van der Waals surface area (Å²) in [6.07, 6.45) is 5.43. The van der Waals surface area contributed by atoms with Crippen LogP contribution in [0, 0.1) is 5.92 Å².